The average Bonchev–Trinajstić information content (AvgIpc) is 3.46. The van der Waals surface area contributed by atoms with E-state index in [1.54, 1.807) is 7.11 Å². The van der Waals surface area contributed by atoms with Gasteiger partial charge in [-0.25, -0.2) is 13.2 Å². The molecule has 1 saturated carbocycles. The summed E-state index contributed by atoms with van der Waals surface area (Å²) in [6.07, 6.45) is 2.62. The molecule has 11 heteroatoms. The molecule has 2 atom stereocenters. The number of anilines is 1. The number of ether oxygens (including phenoxy) is 2. The number of nitrogens with zero attached hydrogens (tertiary/aromatic N) is 4. The third-order valence-electron chi connectivity index (χ3n) is 7.51. The van der Waals surface area contributed by atoms with Gasteiger partial charge in [-0.2, -0.15) is 4.98 Å². The van der Waals surface area contributed by atoms with Crippen LogP contribution in [0.1, 0.15) is 37.1 Å². The molecule has 196 valence electrons. The Kier molecular flexibility index (Phi) is 7.36. The molecule has 0 radical (unpaired) electrons. The molecule has 1 amide bonds. The Bertz CT molecular complexity index is 1050. The number of hydrogen-bond acceptors (Lipinski definition) is 7. The van der Waals surface area contributed by atoms with Gasteiger partial charge in [-0.1, -0.05) is 5.16 Å². The number of carbonyl (C=O) groups is 1. The van der Waals surface area contributed by atoms with Gasteiger partial charge in [0.25, 0.3) is 0 Å². The Morgan fingerprint density at radius 1 is 1.19 bits per heavy atom. The minimum absolute atomic E-state index is 0.0149. The standard InChI is InChI=1S/C25H31F3N4O4/c1-34-14-23-29-25(36-30-23)31-5-2-15(3-6-31)19-8-16(19)4-7-35-18-9-21(27)20(22(28)10-18)11-24(33)32-12-17(26)13-32/h9-10,15-17,19H,2-8,11-14H2,1H3. The van der Waals surface area contributed by atoms with Crippen LogP contribution in [-0.2, 0) is 22.6 Å². The van der Waals surface area contributed by atoms with Gasteiger partial charge < -0.3 is 23.8 Å². The zero-order valence-corrected chi connectivity index (χ0v) is 20.3. The van der Waals surface area contributed by atoms with Crippen molar-refractivity contribution in [3.8, 4) is 5.75 Å². The van der Waals surface area contributed by atoms with Gasteiger partial charge in [0, 0.05) is 37.9 Å². The molecule has 8 nitrogen and oxygen atoms in total. The maximum atomic E-state index is 14.4. The molecule has 1 aromatic carbocycles. The first-order valence-electron chi connectivity index (χ1n) is 12.5. The zero-order valence-electron chi connectivity index (χ0n) is 20.3. The van der Waals surface area contributed by atoms with Crippen molar-refractivity contribution < 1.29 is 32.0 Å². The van der Waals surface area contributed by atoms with E-state index in [9.17, 15) is 18.0 Å². The van der Waals surface area contributed by atoms with Crippen LogP contribution in [-0.4, -0.2) is 67.0 Å². The van der Waals surface area contributed by atoms with E-state index in [1.807, 2.05) is 0 Å². The fourth-order valence-corrected chi connectivity index (χ4v) is 5.31. The van der Waals surface area contributed by atoms with Crippen LogP contribution >= 0.6 is 0 Å². The molecular formula is C25H31F3N4O4. The number of likely N-dealkylation sites (tertiary alicyclic amines) is 1. The zero-order chi connectivity index (χ0) is 25.2. The van der Waals surface area contributed by atoms with Gasteiger partial charge in [-0.3, -0.25) is 4.79 Å². The summed E-state index contributed by atoms with van der Waals surface area (Å²) in [6, 6.07) is 2.79. The summed E-state index contributed by atoms with van der Waals surface area (Å²) in [5.41, 5.74) is -0.307. The average molecular weight is 509 g/mol. The minimum atomic E-state index is -1.05. The van der Waals surface area contributed by atoms with Gasteiger partial charge in [0.1, 0.15) is 30.2 Å². The normalized spacial score (nSPS) is 22.6. The number of benzene rings is 1. The summed E-state index contributed by atoms with van der Waals surface area (Å²) in [4.78, 5) is 19.8. The van der Waals surface area contributed by atoms with Crippen molar-refractivity contribution >= 4 is 11.9 Å². The molecule has 3 aliphatic rings. The Labute approximate surface area is 207 Å². The lowest BCUT2D eigenvalue weighted by Gasteiger charge is -2.34. The molecule has 0 N–H and O–H groups in total. The number of carbonyl (C=O) groups excluding carboxylic acids is 1. The number of piperidine rings is 1. The molecule has 5 rings (SSSR count). The molecule has 3 fully saturated rings. The third-order valence-corrected chi connectivity index (χ3v) is 7.51. The van der Waals surface area contributed by atoms with Gasteiger partial charge >= 0.3 is 6.01 Å². The van der Waals surface area contributed by atoms with Gasteiger partial charge in [0.15, 0.2) is 5.82 Å². The number of methoxy groups -OCH3 is 1. The lowest BCUT2D eigenvalue weighted by Crippen LogP contribution is -2.52. The fourth-order valence-electron chi connectivity index (χ4n) is 5.31. The van der Waals surface area contributed by atoms with Gasteiger partial charge in [0.05, 0.1) is 26.1 Å². The summed E-state index contributed by atoms with van der Waals surface area (Å²) in [6.45, 7) is 2.43. The van der Waals surface area contributed by atoms with Crippen LogP contribution in [0, 0.1) is 29.4 Å². The van der Waals surface area contributed by atoms with Crippen molar-refractivity contribution in [1.82, 2.24) is 15.0 Å². The quantitative estimate of drug-likeness (QED) is 0.486. The number of hydrogen-bond donors (Lipinski definition) is 0. The van der Waals surface area contributed by atoms with Gasteiger partial charge in [0.2, 0.25) is 5.91 Å². The Morgan fingerprint density at radius 2 is 1.92 bits per heavy atom. The number of amides is 1. The Hall–Kier alpha value is -2.82. The molecule has 2 unspecified atom stereocenters. The van der Waals surface area contributed by atoms with Crippen molar-refractivity contribution in [2.24, 2.45) is 17.8 Å². The fraction of sp³-hybridized carbons (Fsp3) is 0.640. The van der Waals surface area contributed by atoms with Crippen LogP contribution in [0.25, 0.3) is 0 Å². The largest absolute Gasteiger partial charge is 0.493 e. The summed E-state index contributed by atoms with van der Waals surface area (Å²) >= 11 is 0. The lowest BCUT2D eigenvalue weighted by molar-refractivity contribution is -0.137. The van der Waals surface area contributed by atoms with E-state index in [0.29, 0.717) is 42.8 Å². The van der Waals surface area contributed by atoms with E-state index in [1.165, 1.54) is 4.90 Å². The summed E-state index contributed by atoms with van der Waals surface area (Å²) in [7, 11) is 1.59. The van der Waals surface area contributed by atoms with E-state index in [-0.39, 0.29) is 24.4 Å². The van der Waals surface area contributed by atoms with Crippen LogP contribution in [0.5, 0.6) is 5.75 Å². The van der Waals surface area contributed by atoms with E-state index in [0.717, 1.165) is 50.9 Å². The number of alkyl halides is 1. The van der Waals surface area contributed by atoms with E-state index in [4.69, 9.17) is 14.0 Å². The highest BCUT2D eigenvalue weighted by atomic mass is 19.1. The van der Waals surface area contributed by atoms with E-state index >= 15 is 0 Å². The molecule has 0 spiro atoms. The predicted octanol–water partition coefficient (Wildman–Crippen LogP) is 3.54. The molecule has 2 aliphatic heterocycles. The van der Waals surface area contributed by atoms with Crippen molar-refractivity contribution in [3.63, 3.8) is 0 Å². The minimum Gasteiger partial charge on any atom is -0.493 e. The molecule has 0 bridgehead atoms. The first-order chi connectivity index (χ1) is 17.4. The monoisotopic (exact) mass is 508 g/mol. The molecule has 1 aliphatic carbocycles. The van der Waals surface area contributed by atoms with Gasteiger partial charge in [-0.05, 0) is 43.4 Å². The van der Waals surface area contributed by atoms with Crippen molar-refractivity contribution in [2.45, 2.75) is 44.9 Å². The van der Waals surface area contributed by atoms with Crippen LogP contribution in [0.4, 0.5) is 19.2 Å². The predicted molar refractivity (Wildman–Crippen MR) is 123 cm³/mol. The molecule has 1 aromatic heterocycles. The maximum absolute atomic E-state index is 14.4. The van der Waals surface area contributed by atoms with Crippen LogP contribution in [0.3, 0.4) is 0 Å². The molecule has 2 aromatic rings. The first-order valence-corrected chi connectivity index (χ1v) is 12.5. The molecule has 3 heterocycles. The third kappa shape index (κ3) is 5.61. The molecule has 2 saturated heterocycles. The first kappa shape index (κ1) is 24.9. The summed E-state index contributed by atoms with van der Waals surface area (Å²) in [5, 5.41) is 3.92. The Morgan fingerprint density at radius 3 is 2.58 bits per heavy atom. The second-order valence-electron chi connectivity index (χ2n) is 9.99. The van der Waals surface area contributed by atoms with E-state index in [2.05, 4.69) is 15.0 Å². The number of rotatable bonds is 10. The maximum Gasteiger partial charge on any atom is 0.324 e. The highest BCUT2D eigenvalue weighted by molar-refractivity contribution is 5.79. The van der Waals surface area contributed by atoms with Crippen LogP contribution in [0.2, 0.25) is 0 Å². The molecular weight excluding hydrogens is 477 g/mol. The summed E-state index contributed by atoms with van der Waals surface area (Å²) < 4.78 is 57.8. The Balaban J connectivity index is 1.03. The number of halogens is 3. The second-order valence-corrected chi connectivity index (χ2v) is 9.99. The van der Waals surface area contributed by atoms with Crippen molar-refractivity contribution in [3.05, 3.63) is 35.2 Å². The SMILES string of the molecule is COCc1noc(N2CCC(C3CC3CCOc3cc(F)c(CC(=O)N4CC(F)C4)c(F)c3)CC2)n1. The smallest absolute Gasteiger partial charge is 0.324 e. The highest BCUT2D eigenvalue weighted by Gasteiger charge is 2.43. The lowest BCUT2D eigenvalue weighted by atomic mass is 9.90. The van der Waals surface area contributed by atoms with E-state index < -0.39 is 30.1 Å². The van der Waals surface area contributed by atoms with Crippen LogP contribution < -0.4 is 9.64 Å². The second kappa shape index (κ2) is 10.7. The highest BCUT2D eigenvalue weighted by Crippen LogP contribution is 2.50. The molecule has 36 heavy (non-hydrogen) atoms. The van der Waals surface area contributed by atoms with Crippen molar-refractivity contribution in [1.29, 1.82) is 0 Å². The van der Waals surface area contributed by atoms with Gasteiger partial charge in [-0.15, -0.1) is 0 Å². The van der Waals surface area contributed by atoms with Crippen LogP contribution in [0.15, 0.2) is 16.7 Å². The number of aromatic nitrogens is 2. The van der Waals surface area contributed by atoms with Crippen molar-refractivity contribution in [2.75, 3.05) is 44.8 Å². The topological polar surface area (TPSA) is 80.9 Å². The summed E-state index contributed by atoms with van der Waals surface area (Å²) in [5.74, 6) is 0.391.